The molecule has 0 aromatic heterocycles. The van der Waals surface area contributed by atoms with Crippen LogP contribution in [0.3, 0.4) is 0 Å². The zero-order valence-electron chi connectivity index (χ0n) is 13.2. The fraction of sp³-hybridized carbons (Fsp3) is 0.222. The van der Waals surface area contributed by atoms with E-state index in [4.69, 9.17) is 23.2 Å². The molecule has 1 aliphatic rings. The van der Waals surface area contributed by atoms with Gasteiger partial charge in [0.2, 0.25) is 5.91 Å². The second-order valence-electron chi connectivity index (χ2n) is 5.70. The van der Waals surface area contributed by atoms with Crippen LogP contribution in [0.25, 0.3) is 0 Å². The Hall–Kier alpha value is -1.69. The van der Waals surface area contributed by atoms with E-state index in [1.54, 1.807) is 42.5 Å². The molecule has 0 atom stereocenters. The van der Waals surface area contributed by atoms with Crippen molar-refractivity contribution in [3.05, 3.63) is 58.1 Å². The third-order valence-electron chi connectivity index (χ3n) is 3.61. The van der Waals surface area contributed by atoms with Crippen LogP contribution in [-0.2, 0) is 4.79 Å². The van der Waals surface area contributed by atoms with E-state index in [1.165, 1.54) is 11.8 Å². The lowest BCUT2D eigenvalue weighted by molar-refractivity contribution is -0.113. The van der Waals surface area contributed by atoms with Gasteiger partial charge >= 0.3 is 0 Å². The van der Waals surface area contributed by atoms with Crippen LogP contribution in [0.1, 0.15) is 23.2 Å². The molecule has 1 fully saturated rings. The summed E-state index contributed by atoms with van der Waals surface area (Å²) in [6.45, 7) is 0. The highest BCUT2D eigenvalue weighted by Crippen LogP contribution is 2.30. The number of halogens is 2. The maximum absolute atomic E-state index is 12.3. The molecule has 0 aliphatic heterocycles. The first-order valence-corrected chi connectivity index (χ1v) is 9.54. The Morgan fingerprint density at radius 2 is 1.88 bits per heavy atom. The molecule has 25 heavy (non-hydrogen) atoms. The number of rotatable bonds is 6. The smallest absolute Gasteiger partial charge is 0.253 e. The number of carbonyl (C=O) groups excluding carboxylic acids is 2. The van der Waals surface area contributed by atoms with Crippen LogP contribution < -0.4 is 10.6 Å². The first-order chi connectivity index (χ1) is 12.0. The van der Waals surface area contributed by atoms with E-state index in [9.17, 15) is 9.59 Å². The van der Waals surface area contributed by atoms with Gasteiger partial charge in [-0.3, -0.25) is 9.59 Å². The fourth-order valence-electron chi connectivity index (χ4n) is 2.20. The molecule has 2 aromatic rings. The van der Waals surface area contributed by atoms with E-state index in [0.29, 0.717) is 21.3 Å². The molecule has 7 heteroatoms. The zero-order valence-corrected chi connectivity index (χ0v) is 15.5. The van der Waals surface area contributed by atoms with E-state index < -0.39 is 0 Å². The lowest BCUT2D eigenvalue weighted by Gasteiger charge is -2.11. The van der Waals surface area contributed by atoms with Crippen LogP contribution in [0.4, 0.5) is 5.69 Å². The Morgan fingerprint density at radius 3 is 2.64 bits per heavy atom. The molecule has 1 aliphatic carbocycles. The van der Waals surface area contributed by atoms with Gasteiger partial charge in [0.25, 0.3) is 5.91 Å². The largest absolute Gasteiger partial charge is 0.349 e. The maximum Gasteiger partial charge on any atom is 0.253 e. The average Bonchev–Trinajstić information content (AvgIpc) is 3.40. The monoisotopic (exact) mass is 394 g/mol. The highest BCUT2D eigenvalue weighted by atomic mass is 35.5. The second-order valence-corrected chi connectivity index (χ2v) is 7.57. The molecular formula is C18H16Cl2N2O2S. The molecule has 130 valence electrons. The van der Waals surface area contributed by atoms with Gasteiger partial charge in [-0.2, -0.15) is 0 Å². The normalized spacial score (nSPS) is 13.4. The summed E-state index contributed by atoms with van der Waals surface area (Å²) < 4.78 is 0. The summed E-state index contributed by atoms with van der Waals surface area (Å²) in [4.78, 5) is 25.3. The van der Waals surface area contributed by atoms with E-state index in [-0.39, 0.29) is 23.6 Å². The molecule has 2 amide bonds. The van der Waals surface area contributed by atoms with Gasteiger partial charge in [-0.25, -0.2) is 0 Å². The van der Waals surface area contributed by atoms with Gasteiger partial charge in [0, 0.05) is 16.0 Å². The highest BCUT2D eigenvalue weighted by Gasteiger charge is 2.25. The number of thioether (sulfide) groups is 1. The van der Waals surface area contributed by atoms with Gasteiger partial charge in [-0.15, -0.1) is 11.8 Å². The molecule has 4 nitrogen and oxygen atoms in total. The van der Waals surface area contributed by atoms with Crippen molar-refractivity contribution in [2.45, 2.75) is 23.8 Å². The topological polar surface area (TPSA) is 58.2 Å². The Kier molecular flexibility index (Phi) is 5.89. The van der Waals surface area contributed by atoms with Crippen LogP contribution in [0, 0.1) is 0 Å². The Morgan fingerprint density at radius 1 is 1.12 bits per heavy atom. The van der Waals surface area contributed by atoms with Gasteiger partial charge in [-0.1, -0.05) is 35.3 Å². The number of para-hydroxylation sites is 1. The molecule has 0 radical (unpaired) electrons. The van der Waals surface area contributed by atoms with Crippen molar-refractivity contribution >= 4 is 52.5 Å². The minimum atomic E-state index is -0.215. The van der Waals surface area contributed by atoms with Crippen LogP contribution in [0.5, 0.6) is 0 Å². The van der Waals surface area contributed by atoms with Crippen LogP contribution in [0.2, 0.25) is 10.0 Å². The van der Waals surface area contributed by atoms with Crippen molar-refractivity contribution in [2.24, 2.45) is 0 Å². The van der Waals surface area contributed by atoms with Crippen LogP contribution >= 0.6 is 35.0 Å². The first kappa shape index (κ1) is 18.1. The lowest BCUT2D eigenvalue weighted by Crippen LogP contribution is -2.27. The van der Waals surface area contributed by atoms with Gasteiger partial charge in [-0.05, 0) is 43.2 Å². The molecule has 2 N–H and O–H groups in total. The summed E-state index contributed by atoms with van der Waals surface area (Å²) in [7, 11) is 0. The minimum Gasteiger partial charge on any atom is -0.349 e. The van der Waals surface area contributed by atoms with Gasteiger partial charge in [0.05, 0.1) is 22.0 Å². The van der Waals surface area contributed by atoms with Crippen molar-refractivity contribution in [3.63, 3.8) is 0 Å². The van der Waals surface area contributed by atoms with E-state index in [0.717, 1.165) is 17.7 Å². The van der Waals surface area contributed by atoms with Crippen molar-refractivity contribution in [2.75, 3.05) is 11.1 Å². The van der Waals surface area contributed by atoms with E-state index in [1.807, 2.05) is 0 Å². The summed E-state index contributed by atoms with van der Waals surface area (Å²) in [5.74, 6) is -0.213. The zero-order chi connectivity index (χ0) is 17.8. The fourth-order valence-corrected chi connectivity index (χ4v) is 3.49. The number of anilines is 1. The van der Waals surface area contributed by atoms with Crippen molar-refractivity contribution < 1.29 is 9.59 Å². The molecule has 0 saturated heterocycles. The van der Waals surface area contributed by atoms with Crippen molar-refractivity contribution in [3.8, 4) is 0 Å². The highest BCUT2D eigenvalue weighted by molar-refractivity contribution is 8.00. The van der Waals surface area contributed by atoms with Gasteiger partial charge in [0.15, 0.2) is 0 Å². The third kappa shape index (κ3) is 5.14. The summed E-state index contributed by atoms with van der Waals surface area (Å²) in [5.41, 5.74) is 0.969. The summed E-state index contributed by atoms with van der Waals surface area (Å²) >= 11 is 13.3. The molecule has 0 bridgehead atoms. The SMILES string of the molecule is O=C(CSc1cc(Cl)ccc1Cl)Nc1ccccc1C(=O)NC1CC1. The number of nitrogens with one attached hydrogen (secondary N) is 2. The Balaban J connectivity index is 1.62. The molecular weight excluding hydrogens is 379 g/mol. The number of amides is 2. The van der Waals surface area contributed by atoms with E-state index in [2.05, 4.69) is 10.6 Å². The molecule has 0 heterocycles. The van der Waals surface area contributed by atoms with Crippen LogP contribution in [-0.4, -0.2) is 23.6 Å². The second kappa shape index (κ2) is 8.13. The molecule has 3 rings (SSSR count). The van der Waals surface area contributed by atoms with Gasteiger partial charge < -0.3 is 10.6 Å². The summed E-state index contributed by atoms with van der Waals surface area (Å²) in [6, 6.07) is 12.4. The van der Waals surface area contributed by atoms with Crippen molar-refractivity contribution in [1.82, 2.24) is 5.32 Å². The van der Waals surface area contributed by atoms with Crippen molar-refractivity contribution in [1.29, 1.82) is 0 Å². The number of hydrogen-bond donors (Lipinski definition) is 2. The molecule has 1 saturated carbocycles. The predicted octanol–water partition coefficient (Wildman–Crippen LogP) is 4.62. The molecule has 0 spiro atoms. The predicted molar refractivity (Wildman–Crippen MR) is 103 cm³/mol. The quantitative estimate of drug-likeness (QED) is 0.702. The standard InChI is InChI=1S/C18H16Cl2N2O2S/c19-11-5-8-14(20)16(9-11)25-10-17(23)22-15-4-2-1-3-13(15)18(24)21-12-6-7-12/h1-5,8-9,12H,6-7,10H2,(H,21,24)(H,22,23). The third-order valence-corrected chi connectivity index (χ3v) is 5.34. The number of carbonyl (C=O) groups is 2. The minimum absolute atomic E-state index is 0.163. The summed E-state index contributed by atoms with van der Waals surface area (Å²) in [5, 5.41) is 6.83. The average molecular weight is 395 g/mol. The Bertz CT molecular complexity index is 809. The number of hydrogen-bond acceptors (Lipinski definition) is 3. The Labute approximate surface area is 160 Å². The molecule has 2 aromatic carbocycles. The van der Waals surface area contributed by atoms with Crippen LogP contribution in [0.15, 0.2) is 47.4 Å². The summed E-state index contributed by atoms with van der Waals surface area (Å²) in [6.07, 6.45) is 2.02. The maximum atomic E-state index is 12.3. The van der Waals surface area contributed by atoms with Gasteiger partial charge in [0.1, 0.15) is 0 Å². The lowest BCUT2D eigenvalue weighted by atomic mass is 10.1. The molecule has 0 unspecified atom stereocenters. The van der Waals surface area contributed by atoms with E-state index >= 15 is 0 Å². The number of benzene rings is 2. The first-order valence-electron chi connectivity index (χ1n) is 7.80.